The topological polar surface area (TPSA) is 90.8 Å². The maximum absolute atomic E-state index is 13.1. The molecule has 1 atom stereocenters. The van der Waals surface area contributed by atoms with E-state index < -0.39 is 0 Å². The van der Waals surface area contributed by atoms with Gasteiger partial charge in [0.05, 0.1) is 29.5 Å². The van der Waals surface area contributed by atoms with Crippen molar-refractivity contribution in [1.29, 1.82) is 0 Å². The molecule has 8 heteroatoms. The third kappa shape index (κ3) is 3.56. The molecule has 2 aliphatic rings. The number of amides is 2. The lowest BCUT2D eigenvalue weighted by Gasteiger charge is -2.35. The van der Waals surface area contributed by atoms with Crippen molar-refractivity contribution in [2.45, 2.75) is 71.4 Å². The van der Waals surface area contributed by atoms with Crippen LogP contribution in [0.5, 0.6) is 0 Å². The monoisotopic (exact) mass is 399 g/mol. The van der Waals surface area contributed by atoms with E-state index >= 15 is 0 Å². The standard InChI is InChI=1S/C21H29N5O3/c1-3-7-20(28)24-11-9-15-14(13-24)21(29)26-18(22-15)12-16(23-26)17-8-5-6-10-25(17)19(27)4-2/h12,17,23H,3-11,13H2,1-2H3/t17-/m1/s1. The molecule has 2 amide bonds. The zero-order chi connectivity index (χ0) is 20.5. The van der Waals surface area contributed by atoms with Gasteiger partial charge in [-0.05, 0) is 25.7 Å². The van der Waals surface area contributed by atoms with Crippen LogP contribution in [0, 0.1) is 0 Å². The summed E-state index contributed by atoms with van der Waals surface area (Å²) in [6, 6.07) is 1.86. The van der Waals surface area contributed by atoms with Crippen molar-refractivity contribution in [1.82, 2.24) is 24.4 Å². The number of hydrogen-bond acceptors (Lipinski definition) is 4. The zero-order valence-electron chi connectivity index (χ0n) is 17.2. The van der Waals surface area contributed by atoms with Crippen molar-refractivity contribution in [3.05, 3.63) is 33.4 Å². The number of aromatic nitrogens is 3. The summed E-state index contributed by atoms with van der Waals surface area (Å²) in [5.41, 5.74) is 2.68. The first-order valence-corrected chi connectivity index (χ1v) is 10.7. The Kier molecular flexibility index (Phi) is 5.43. The molecule has 2 aliphatic heterocycles. The van der Waals surface area contributed by atoms with Gasteiger partial charge in [0.25, 0.3) is 5.56 Å². The van der Waals surface area contributed by atoms with Gasteiger partial charge in [0, 0.05) is 38.4 Å². The van der Waals surface area contributed by atoms with Crippen LogP contribution in [-0.4, -0.2) is 49.3 Å². The van der Waals surface area contributed by atoms with E-state index in [2.05, 4.69) is 5.10 Å². The van der Waals surface area contributed by atoms with Gasteiger partial charge in [-0.1, -0.05) is 13.8 Å². The molecule has 0 spiro atoms. The number of aromatic amines is 1. The summed E-state index contributed by atoms with van der Waals surface area (Å²) >= 11 is 0. The van der Waals surface area contributed by atoms with Crippen LogP contribution in [0.15, 0.2) is 10.9 Å². The highest BCUT2D eigenvalue weighted by Crippen LogP contribution is 2.31. The van der Waals surface area contributed by atoms with E-state index in [1.807, 2.05) is 24.8 Å². The van der Waals surface area contributed by atoms with Gasteiger partial charge in [0.1, 0.15) is 0 Å². The molecule has 4 rings (SSSR count). The number of rotatable bonds is 4. The number of carbonyl (C=O) groups excluding carboxylic acids is 2. The van der Waals surface area contributed by atoms with Gasteiger partial charge < -0.3 is 9.80 Å². The predicted molar refractivity (Wildman–Crippen MR) is 108 cm³/mol. The summed E-state index contributed by atoms with van der Waals surface area (Å²) in [6.45, 7) is 5.54. The third-order valence-corrected chi connectivity index (χ3v) is 6.08. The van der Waals surface area contributed by atoms with Crippen molar-refractivity contribution in [2.24, 2.45) is 0 Å². The first kappa shape index (κ1) is 19.7. The van der Waals surface area contributed by atoms with Crippen LogP contribution in [0.1, 0.15) is 75.4 Å². The van der Waals surface area contributed by atoms with Gasteiger partial charge in [-0.2, -0.15) is 0 Å². The second kappa shape index (κ2) is 8.00. The van der Waals surface area contributed by atoms with Gasteiger partial charge in [-0.15, -0.1) is 0 Å². The number of hydrogen-bond donors (Lipinski definition) is 1. The highest BCUT2D eigenvalue weighted by molar-refractivity contribution is 5.77. The minimum Gasteiger partial charge on any atom is -0.338 e. The molecule has 156 valence electrons. The van der Waals surface area contributed by atoms with Crippen LogP contribution in [0.25, 0.3) is 5.65 Å². The van der Waals surface area contributed by atoms with Gasteiger partial charge in [0.15, 0.2) is 5.65 Å². The molecule has 1 saturated heterocycles. The lowest BCUT2D eigenvalue weighted by Crippen LogP contribution is -2.40. The van der Waals surface area contributed by atoms with Crippen LogP contribution in [0.4, 0.5) is 0 Å². The Bertz CT molecular complexity index is 992. The molecule has 2 aromatic rings. The summed E-state index contributed by atoms with van der Waals surface area (Å²) in [4.78, 5) is 46.2. The maximum Gasteiger partial charge on any atom is 0.277 e. The fourth-order valence-electron chi connectivity index (χ4n) is 4.51. The van der Waals surface area contributed by atoms with E-state index in [9.17, 15) is 14.4 Å². The van der Waals surface area contributed by atoms with E-state index in [0.29, 0.717) is 43.6 Å². The Labute approximate surface area is 169 Å². The number of carbonyl (C=O) groups is 2. The van der Waals surface area contributed by atoms with Gasteiger partial charge >= 0.3 is 0 Å². The van der Waals surface area contributed by atoms with Crippen LogP contribution in [0.2, 0.25) is 0 Å². The highest BCUT2D eigenvalue weighted by atomic mass is 16.2. The molecule has 0 radical (unpaired) electrons. The second-order valence-corrected chi connectivity index (χ2v) is 8.01. The van der Waals surface area contributed by atoms with Crippen molar-refractivity contribution in [3.63, 3.8) is 0 Å². The predicted octanol–water partition coefficient (Wildman–Crippen LogP) is 2.17. The fourth-order valence-corrected chi connectivity index (χ4v) is 4.51. The van der Waals surface area contributed by atoms with Crippen LogP contribution in [0.3, 0.4) is 0 Å². The summed E-state index contributed by atoms with van der Waals surface area (Å²) in [6.07, 6.45) is 5.32. The number of nitrogens with one attached hydrogen (secondary N) is 1. The summed E-state index contributed by atoms with van der Waals surface area (Å²) in [5, 5.41) is 3.21. The molecule has 8 nitrogen and oxygen atoms in total. The molecule has 0 aromatic carbocycles. The molecule has 0 bridgehead atoms. The molecule has 2 aromatic heterocycles. The number of likely N-dealkylation sites (tertiary alicyclic amines) is 1. The Balaban J connectivity index is 1.69. The second-order valence-electron chi connectivity index (χ2n) is 8.01. The molecule has 0 saturated carbocycles. The summed E-state index contributed by atoms with van der Waals surface area (Å²) in [7, 11) is 0. The van der Waals surface area contributed by atoms with Crippen molar-refractivity contribution in [3.8, 4) is 0 Å². The van der Waals surface area contributed by atoms with Gasteiger partial charge in [-0.3, -0.25) is 19.5 Å². The van der Waals surface area contributed by atoms with E-state index in [-0.39, 0.29) is 23.4 Å². The Morgan fingerprint density at radius 3 is 2.79 bits per heavy atom. The first-order chi connectivity index (χ1) is 14.0. The third-order valence-electron chi connectivity index (χ3n) is 6.08. The van der Waals surface area contributed by atoms with Crippen molar-refractivity contribution in [2.75, 3.05) is 13.1 Å². The molecule has 1 N–H and O–H groups in total. The average molecular weight is 399 g/mol. The van der Waals surface area contributed by atoms with Gasteiger partial charge in [0.2, 0.25) is 11.8 Å². The van der Waals surface area contributed by atoms with Crippen LogP contribution in [-0.2, 0) is 22.6 Å². The molecular formula is C21H29N5O3. The highest BCUT2D eigenvalue weighted by Gasteiger charge is 2.30. The summed E-state index contributed by atoms with van der Waals surface area (Å²) < 4.78 is 1.48. The Hall–Kier alpha value is -2.64. The van der Waals surface area contributed by atoms with Crippen LogP contribution < -0.4 is 5.56 Å². The zero-order valence-corrected chi connectivity index (χ0v) is 17.2. The van der Waals surface area contributed by atoms with E-state index in [1.165, 1.54) is 4.52 Å². The smallest absolute Gasteiger partial charge is 0.277 e. The molecule has 0 aliphatic carbocycles. The molecule has 1 fully saturated rings. The lowest BCUT2D eigenvalue weighted by atomic mass is 9.99. The summed E-state index contributed by atoms with van der Waals surface area (Å²) in [5.74, 6) is 0.226. The maximum atomic E-state index is 13.1. The number of nitrogens with zero attached hydrogens (tertiary/aromatic N) is 4. The molecular weight excluding hydrogens is 370 g/mol. The first-order valence-electron chi connectivity index (χ1n) is 10.7. The molecule has 4 heterocycles. The SMILES string of the molecule is CCCC(=O)N1CCc2nc3cc([C@H]4CCCCN4C(=O)CC)[nH]n3c(=O)c2C1. The fraction of sp³-hybridized carbons (Fsp3) is 0.619. The van der Waals surface area contributed by atoms with E-state index in [4.69, 9.17) is 4.98 Å². The van der Waals surface area contributed by atoms with Crippen molar-refractivity contribution >= 4 is 17.5 Å². The average Bonchev–Trinajstić information content (AvgIpc) is 3.17. The normalized spacial score (nSPS) is 19.4. The Morgan fingerprint density at radius 2 is 2.03 bits per heavy atom. The number of fused-ring (bicyclic) bond motifs is 2. The number of piperidine rings is 1. The number of H-pyrrole nitrogens is 1. The van der Waals surface area contributed by atoms with E-state index in [0.717, 1.165) is 43.6 Å². The van der Waals surface area contributed by atoms with Crippen LogP contribution >= 0.6 is 0 Å². The van der Waals surface area contributed by atoms with E-state index in [1.54, 1.807) is 4.90 Å². The Morgan fingerprint density at radius 1 is 1.21 bits per heavy atom. The molecule has 29 heavy (non-hydrogen) atoms. The van der Waals surface area contributed by atoms with Gasteiger partial charge in [-0.25, -0.2) is 9.50 Å². The van der Waals surface area contributed by atoms with Crippen molar-refractivity contribution < 1.29 is 9.59 Å². The molecule has 0 unspecified atom stereocenters. The lowest BCUT2D eigenvalue weighted by molar-refractivity contribution is -0.135. The minimum absolute atomic E-state index is 0.0445. The minimum atomic E-state index is -0.144. The largest absolute Gasteiger partial charge is 0.338 e. The quantitative estimate of drug-likeness (QED) is 0.853.